The second kappa shape index (κ2) is 8.66. The van der Waals surface area contributed by atoms with Gasteiger partial charge >= 0.3 is 0 Å². The number of carbonyl (C=O) groups excluding carboxylic acids is 1. The molecule has 2 rings (SSSR count). The second-order valence-electron chi connectivity index (χ2n) is 3.64. The molecule has 5 nitrogen and oxygen atoms in total. The van der Waals surface area contributed by atoms with Crippen molar-refractivity contribution in [1.82, 2.24) is 15.6 Å². The summed E-state index contributed by atoms with van der Waals surface area (Å²) >= 11 is 1.56. The predicted molar refractivity (Wildman–Crippen MR) is 75.8 cm³/mol. The van der Waals surface area contributed by atoms with E-state index in [4.69, 9.17) is 4.74 Å². The largest absolute Gasteiger partial charge is 0.366 e. The van der Waals surface area contributed by atoms with Gasteiger partial charge in [0.05, 0.1) is 24.4 Å². The number of ether oxygens (including phenoxy) is 1. The van der Waals surface area contributed by atoms with Crippen LogP contribution in [0.3, 0.4) is 0 Å². The van der Waals surface area contributed by atoms with E-state index in [9.17, 15) is 4.79 Å². The van der Waals surface area contributed by atoms with Crippen LogP contribution in [0.1, 0.15) is 10.6 Å². The number of thiazole rings is 1. The van der Waals surface area contributed by atoms with Crippen LogP contribution >= 0.6 is 36.2 Å². The van der Waals surface area contributed by atoms with Gasteiger partial charge in [-0.3, -0.25) is 4.79 Å². The first-order chi connectivity index (χ1) is 7.77. The molecule has 1 aliphatic rings. The zero-order chi connectivity index (χ0) is 11.4. The van der Waals surface area contributed by atoms with Gasteiger partial charge in [-0.25, -0.2) is 4.98 Å². The third-order valence-corrected chi connectivity index (χ3v) is 3.42. The van der Waals surface area contributed by atoms with Crippen molar-refractivity contribution in [2.45, 2.75) is 19.6 Å². The molecule has 1 aromatic heterocycles. The Balaban J connectivity index is 0.00000144. The van der Waals surface area contributed by atoms with Gasteiger partial charge in [-0.05, 0) is 6.92 Å². The van der Waals surface area contributed by atoms with Crippen LogP contribution in [0.15, 0.2) is 5.51 Å². The smallest absolute Gasteiger partial charge is 0.250 e. The van der Waals surface area contributed by atoms with Crippen molar-refractivity contribution < 1.29 is 9.53 Å². The molecule has 0 spiro atoms. The van der Waals surface area contributed by atoms with Crippen LogP contribution in [0.2, 0.25) is 0 Å². The number of rotatable bonds is 3. The number of morpholine rings is 1. The lowest BCUT2D eigenvalue weighted by atomic mass is 10.3. The molecule has 0 saturated carbocycles. The van der Waals surface area contributed by atoms with Gasteiger partial charge in [-0.1, -0.05) is 0 Å². The number of hydrogen-bond donors (Lipinski definition) is 2. The van der Waals surface area contributed by atoms with Crippen molar-refractivity contribution in [2.75, 3.05) is 19.7 Å². The SMILES string of the molecule is Cc1ncsc1CNC(=O)C1CNCCO1.Cl.Cl. The van der Waals surface area contributed by atoms with Gasteiger partial charge in [0, 0.05) is 18.0 Å². The second-order valence-corrected chi connectivity index (χ2v) is 4.58. The molecule has 1 unspecified atom stereocenters. The van der Waals surface area contributed by atoms with Gasteiger partial charge in [-0.2, -0.15) is 0 Å². The van der Waals surface area contributed by atoms with Gasteiger partial charge in [0.2, 0.25) is 0 Å². The van der Waals surface area contributed by atoms with E-state index in [-0.39, 0.29) is 36.8 Å². The zero-order valence-electron chi connectivity index (χ0n) is 9.97. The molecule has 0 aliphatic carbocycles. The topological polar surface area (TPSA) is 63.2 Å². The summed E-state index contributed by atoms with van der Waals surface area (Å²) in [6.07, 6.45) is -0.359. The number of nitrogens with one attached hydrogen (secondary N) is 2. The van der Waals surface area contributed by atoms with E-state index in [2.05, 4.69) is 15.6 Å². The van der Waals surface area contributed by atoms with Crippen molar-refractivity contribution in [2.24, 2.45) is 0 Å². The van der Waals surface area contributed by atoms with Gasteiger partial charge in [0.1, 0.15) is 6.10 Å². The first-order valence-corrected chi connectivity index (χ1v) is 6.14. The quantitative estimate of drug-likeness (QED) is 0.870. The Morgan fingerprint density at radius 1 is 1.67 bits per heavy atom. The third kappa shape index (κ3) is 4.70. The number of aryl methyl sites for hydroxylation is 1. The number of halogens is 2. The fraction of sp³-hybridized carbons (Fsp3) is 0.600. The predicted octanol–water partition coefficient (Wildman–Crippen LogP) is 0.900. The molecule has 1 aromatic rings. The summed E-state index contributed by atoms with van der Waals surface area (Å²) in [5.41, 5.74) is 2.77. The number of carbonyl (C=O) groups is 1. The summed E-state index contributed by atoms with van der Waals surface area (Å²) in [5, 5.41) is 5.99. The number of hydrogen-bond acceptors (Lipinski definition) is 5. The summed E-state index contributed by atoms with van der Waals surface area (Å²) in [6.45, 7) is 4.48. The van der Waals surface area contributed by atoms with Crippen molar-refractivity contribution >= 4 is 42.1 Å². The van der Waals surface area contributed by atoms with E-state index in [1.807, 2.05) is 6.92 Å². The minimum absolute atomic E-state index is 0. The van der Waals surface area contributed by atoms with E-state index >= 15 is 0 Å². The van der Waals surface area contributed by atoms with E-state index in [0.29, 0.717) is 19.7 Å². The van der Waals surface area contributed by atoms with Crippen LogP contribution in [0.5, 0.6) is 0 Å². The van der Waals surface area contributed by atoms with E-state index in [1.54, 1.807) is 16.8 Å². The molecular formula is C10H17Cl2N3O2S. The molecule has 18 heavy (non-hydrogen) atoms. The minimum atomic E-state index is -0.359. The zero-order valence-corrected chi connectivity index (χ0v) is 12.4. The maximum absolute atomic E-state index is 11.7. The van der Waals surface area contributed by atoms with E-state index in [1.165, 1.54) is 0 Å². The fourth-order valence-corrected chi connectivity index (χ4v) is 2.23. The van der Waals surface area contributed by atoms with Crippen LogP contribution < -0.4 is 10.6 Å². The van der Waals surface area contributed by atoms with Gasteiger partial charge in [0.15, 0.2) is 0 Å². The molecule has 1 saturated heterocycles. The summed E-state index contributed by atoms with van der Waals surface area (Å²) in [6, 6.07) is 0. The van der Waals surface area contributed by atoms with Gasteiger partial charge < -0.3 is 15.4 Å². The van der Waals surface area contributed by atoms with Crippen LogP contribution in [-0.4, -0.2) is 36.7 Å². The molecule has 2 heterocycles. The monoisotopic (exact) mass is 313 g/mol. The molecule has 1 atom stereocenters. The summed E-state index contributed by atoms with van der Waals surface area (Å²) < 4.78 is 5.35. The molecular weight excluding hydrogens is 297 g/mol. The highest BCUT2D eigenvalue weighted by molar-refractivity contribution is 7.09. The third-order valence-electron chi connectivity index (χ3n) is 2.49. The molecule has 0 radical (unpaired) electrons. The van der Waals surface area contributed by atoms with Crippen LogP contribution in [0.4, 0.5) is 0 Å². The molecule has 8 heteroatoms. The average molecular weight is 314 g/mol. The standard InChI is InChI=1S/C10H15N3O2S.2ClH/c1-7-9(16-6-13-7)5-12-10(14)8-4-11-2-3-15-8;;/h6,8,11H,2-5H2,1H3,(H,12,14);2*1H. The van der Waals surface area contributed by atoms with Crippen molar-refractivity contribution in [3.8, 4) is 0 Å². The highest BCUT2D eigenvalue weighted by Crippen LogP contribution is 2.11. The van der Waals surface area contributed by atoms with Crippen LogP contribution in [0, 0.1) is 6.92 Å². The maximum atomic E-state index is 11.7. The molecule has 104 valence electrons. The van der Waals surface area contributed by atoms with Gasteiger partial charge in [-0.15, -0.1) is 36.2 Å². The van der Waals surface area contributed by atoms with Crippen LogP contribution in [0.25, 0.3) is 0 Å². The fourth-order valence-electron chi connectivity index (χ4n) is 1.51. The summed E-state index contributed by atoms with van der Waals surface area (Å²) in [4.78, 5) is 16.9. The maximum Gasteiger partial charge on any atom is 0.250 e. The summed E-state index contributed by atoms with van der Waals surface area (Å²) in [7, 11) is 0. The molecule has 1 amide bonds. The lowest BCUT2D eigenvalue weighted by Crippen LogP contribution is -2.47. The van der Waals surface area contributed by atoms with E-state index < -0.39 is 0 Å². The molecule has 1 fully saturated rings. The Morgan fingerprint density at radius 2 is 2.44 bits per heavy atom. The lowest BCUT2D eigenvalue weighted by molar-refractivity contribution is -0.134. The highest BCUT2D eigenvalue weighted by Gasteiger charge is 2.21. The Morgan fingerprint density at radius 3 is 3.00 bits per heavy atom. The number of nitrogens with zero attached hydrogens (tertiary/aromatic N) is 1. The first-order valence-electron chi connectivity index (χ1n) is 5.26. The van der Waals surface area contributed by atoms with Crippen molar-refractivity contribution in [1.29, 1.82) is 0 Å². The van der Waals surface area contributed by atoms with Crippen molar-refractivity contribution in [3.63, 3.8) is 0 Å². The molecule has 0 bridgehead atoms. The molecule has 1 aliphatic heterocycles. The highest BCUT2D eigenvalue weighted by atomic mass is 35.5. The normalized spacial score (nSPS) is 18.4. The molecule has 0 aromatic carbocycles. The Hall–Kier alpha value is -0.400. The summed E-state index contributed by atoms with van der Waals surface area (Å²) in [5.74, 6) is -0.0556. The first kappa shape index (κ1) is 17.6. The minimum Gasteiger partial charge on any atom is -0.366 e. The Bertz CT molecular complexity index is 370. The van der Waals surface area contributed by atoms with E-state index in [0.717, 1.165) is 17.1 Å². The van der Waals surface area contributed by atoms with Crippen LogP contribution in [-0.2, 0) is 16.1 Å². The van der Waals surface area contributed by atoms with Gasteiger partial charge in [0.25, 0.3) is 5.91 Å². The number of aromatic nitrogens is 1. The van der Waals surface area contributed by atoms with Crippen molar-refractivity contribution in [3.05, 3.63) is 16.1 Å². The Kier molecular flexibility index (Phi) is 8.47. The average Bonchev–Trinajstić information content (AvgIpc) is 2.73. The lowest BCUT2D eigenvalue weighted by Gasteiger charge is -2.22. The number of amides is 1. The Labute approximate surface area is 123 Å². The molecule has 2 N–H and O–H groups in total.